The molecule has 2 fully saturated rings. The number of fused-ring (bicyclic) bond motifs is 1. The first-order valence-corrected chi connectivity index (χ1v) is 13.0. The van der Waals surface area contributed by atoms with Crippen LogP contribution in [0.25, 0.3) is 0 Å². The summed E-state index contributed by atoms with van der Waals surface area (Å²) < 4.78 is 8.22. The summed E-state index contributed by atoms with van der Waals surface area (Å²) in [6.07, 6.45) is 5.03. The zero-order valence-electron chi connectivity index (χ0n) is 18.5. The molecule has 3 aliphatic rings. The van der Waals surface area contributed by atoms with Gasteiger partial charge in [0.2, 0.25) is 0 Å². The van der Waals surface area contributed by atoms with E-state index in [1.165, 1.54) is 25.7 Å². The number of Topliss-reactive ketones (excluding diaryl/α,β-unsaturated/α-hetero) is 1. The van der Waals surface area contributed by atoms with Crippen molar-refractivity contribution in [1.29, 1.82) is 0 Å². The Morgan fingerprint density at radius 1 is 1.07 bits per heavy atom. The summed E-state index contributed by atoms with van der Waals surface area (Å²) in [5.74, 6) is 2.37. The lowest BCUT2D eigenvalue weighted by Crippen LogP contribution is -2.57. The van der Waals surface area contributed by atoms with Gasteiger partial charge in [-0.15, -0.1) is 0 Å². The number of rotatable bonds is 4. The molecule has 6 heteroatoms. The minimum Gasteiger partial charge on any atom is -0.490 e. The number of benzene rings is 1. The van der Waals surface area contributed by atoms with Gasteiger partial charge in [0.1, 0.15) is 12.4 Å². The number of hydrogen-bond acceptors (Lipinski definition) is 4. The summed E-state index contributed by atoms with van der Waals surface area (Å²) in [5, 5.41) is 0. The Hall–Kier alpha value is -0.430. The summed E-state index contributed by atoms with van der Waals surface area (Å²) in [7, 11) is 0. The van der Waals surface area contributed by atoms with Crippen molar-refractivity contribution in [3.63, 3.8) is 0 Å². The third kappa shape index (κ3) is 4.53. The maximum absolute atomic E-state index is 14.1. The number of piperidine rings is 2. The molecule has 2 saturated heterocycles. The summed E-state index contributed by atoms with van der Waals surface area (Å²) in [6.45, 7) is 13.1. The molecule has 0 amide bonds. The second kappa shape index (κ2) is 9.21. The average Bonchev–Trinajstić information content (AvgIpc) is 2.69. The lowest BCUT2D eigenvalue weighted by molar-refractivity contribution is 0.0162. The predicted octanol–water partition coefficient (Wildman–Crippen LogP) is 5.55. The Kier molecular flexibility index (Phi) is 6.98. The molecule has 1 aromatic carbocycles. The van der Waals surface area contributed by atoms with E-state index in [1.807, 2.05) is 13.0 Å². The van der Waals surface area contributed by atoms with Crippen molar-refractivity contribution in [2.24, 2.45) is 17.3 Å². The predicted molar refractivity (Wildman–Crippen MR) is 129 cm³/mol. The van der Waals surface area contributed by atoms with Gasteiger partial charge in [0.15, 0.2) is 5.78 Å². The Labute approximate surface area is 198 Å². The van der Waals surface area contributed by atoms with Crippen LogP contribution in [0.2, 0.25) is 0 Å². The summed E-state index contributed by atoms with van der Waals surface area (Å²) >= 11 is 7.31. The Morgan fingerprint density at radius 2 is 1.63 bits per heavy atom. The summed E-state index contributed by atoms with van der Waals surface area (Å²) in [6, 6.07) is 1.98. The molecule has 1 aromatic rings. The molecule has 4 nitrogen and oxygen atoms in total. The van der Waals surface area contributed by atoms with E-state index in [2.05, 4.69) is 55.5 Å². The molecule has 3 aliphatic heterocycles. The first-order chi connectivity index (χ1) is 14.3. The van der Waals surface area contributed by atoms with Crippen molar-refractivity contribution in [3.05, 3.63) is 26.1 Å². The smallest absolute Gasteiger partial charge is 0.178 e. The van der Waals surface area contributed by atoms with Crippen LogP contribution in [0.5, 0.6) is 5.75 Å². The Morgan fingerprint density at radius 3 is 2.17 bits per heavy atom. The van der Waals surface area contributed by atoms with Crippen LogP contribution in [0.3, 0.4) is 0 Å². The highest BCUT2D eigenvalue weighted by Crippen LogP contribution is 2.44. The maximum atomic E-state index is 14.1. The van der Waals surface area contributed by atoms with Crippen LogP contribution in [0.15, 0.2) is 15.0 Å². The third-order valence-corrected chi connectivity index (χ3v) is 8.93. The van der Waals surface area contributed by atoms with Crippen molar-refractivity contribution in [2.75, 3.05) is 45.9 Å². The largest absolute Gasteiger partial charge is 0.490 e. The highest BCUT2D eigenvalue weighted by atomic mass is 79.9. The van der Waals surface area contributed by atoms with Crippen molar-refractivity contribution in [2.45, 2.75) is 46.5 Å². The highest BCUT2D eigenvalue weighted by molar-refractivity contribution is 9.11. The molecule has 3 heterocycles. The number of carbonyl (C=O) groups is 1. The molecule has 0 saturated carbocycles. The normalized spacial score (nSPS) is 27.6. The molecular weight excluding hydrogens is 508 g/mol. The van der Waals surface area contributed by atoms with Gasteiger partial charge >= 0.3 is 0 Å². The van der Waals surface area contributed by atoms with Crippen LogP contribution >= 0.6 is 31.9 Å². The SMILES string of the molecule is Cc1c(Br)cc2c(c1Br)OCC(CN1CCC[C@@H](C)C1)(CN1CCC[C@@H](C)C1)C2=O. The van der Waals surface area contributed by atoms with Crippen molar-refractivity contribution in [3.8, 4) is 5.75 Å². The molecule has 0 unspecified atom stereocenters. The summed E-state index contributed by atoms with van der Waals surface area (Å²) in [4.78, 5) is 19.1. The standard InChI is InChI=1S/C24H34Br2N2O2/c1-16-6-4-8-27(11-16)13-24(14-28-9-5-7-17(2)12-28)15-30-22-19(23(24)29)10-20(25)18(3)21(22)26/h10,16-17H,4-9,11-15H2,1-3H3/t16-,17-/m1/s1. The number of nitrogens with zero attached hydrogens (tertiary/aromatic N) is 2. The molecule has 0 aliphatic carbocycles. The van der Waals surface area contributed by atoms with Crippen LogP contribution in [-0.2, 0) is 0 Å². The fraction of sp³-hybridized carbons (Fsp3) is 0.708. The first kappa shape index (κ1) is 22.8. The van der Waals surface area contributed by atoms with Gasteiger partial charge in [0, 0.05) is 30.7 Å². The topological polar surface area (TPSA) is 32.8 Å². The molecule has 0 radical (unpaired) electrons. The molecular formula is C24H34Br2N2O2. The number of halogens is 2. The maximum Gasteiger partial charge on any atom is 0.178 e. The van der Waals surface area contributed by atoms with Crippen LogP contribution in [0, 0.1) is 24.2 Å². The number of hydrogen-bond donors (Lipinski definition) is 0. The van der Waals surface area contributed by atoms with Crippen molar-refractivity contribution >= 4 is 37.6 Å². The van der Waals surface area contributed by atoms with Gasteiger partial charge in [-0.3, -0.25) is 4.79 Å². The zero-order valence-corrected chi connectivity index (χ0v) is 21.6. The van der Waals surface area contributed by atoms with Gasteiger partial charge in [0.05, 0.1) is 15.5 Å². The summed E-state index contributed by atoms with van der Waals surface area (Å²) in [5.41, 5.74) is 1.29. The molecule has 0 N–H and O–H groups in total. The van der Waals surface area contributed by atoms with E-state index in [0.29, 0.717) is 18.4 Å². The fourth-order valence-corrected chi connectivity index (χ4v) is 6.80. The number of ether oxygens (including phenoxy) is 1. The van der Waals surface area contributed by atoms with Gasteiger partial charge in [-0.1, -0.05) is 29.8 Å². The van der Waals surface area contributed by atoms with Gasteiger partial charge in [0.25, 0.3) is 0 Å². The van der Waals surface area contributed by atoms with E-state index in [4.69, 9.17) is 4.74 Å². The Balaban J connectivity index is 1.67. The highest BCUT2D eigenvalue weighted by Gasteiger charge is 2.48. The number of ketones is 1. The lowest BCUT2D eigenvalue weighted by atomic mass is 9.76. The van der Waals surface area contributed by atoms with Crippen LogP contribution in [0.1, 0.15) is 55.5 Å². The van der Waals surface area contributed by atoms with E-state index in [-0.39, 0.29) is 5.78 Å². The van der Waals surface area contributed by atoms with E-state index < -0.39 is 5.41 Å². The van der Waals surface area contributed by atoms with E-state index in [9.17, 15) is 4.79 Å². The first-order valence-electron chi connectivity index (χ1n) is 11.4. The minimum absolute atomic E-state index is 0.251. The van der Waals surface area contributed by atoms with Crippen LogP contribution in [0.4, 0.5) is 0 Å². The Bertz CT molecular complexity index is 789. The van der Waals surface area contributed by atoms with Crippen LogP contribution in [-0.4, -0.2) is 61.5 Å². The molecule has 0 spiro atoms. The van der Waals surface area contributed by atoms with Crippen molar-refractivity contribution < 1.29 is 9.53 Å². The zero-order chi connectivity index (χ0) is 21.5. The van der Waals surface area contributed by atoms with Gasteiger partial charge in [-0.05, 0) is 85.1 Å². The molecule has 0 bridgehead atoms. The van der Waals surface area contributed by atoms with Crippen molar-refractivity contribution in [1.82, 2.24) is 9.80 Å². The van der Waals surface area contributed by atoms with Gasteiger partial charge in [-0.25, -0.2) is 0 Å². The van der Waals surface area contributed by atoms with Gasteiger partial charge in [-0.2, -0.15) is 0 Å². The average molecular weight is 542 g/mol. The second-order valence-corrected chi connectivity index (χ2v) is 11.7. The third-order valence-electron chi connectivity index (χ3n) is 7.16. The molecule has 166 valence electrons. The molecule has 2 atom stereocenters. The monoisotopic (exact) mass is 540 g/mol. The quantitative estimate of drug-likeness (QED) is 0.500. The van der Waals surface area contributed by atoms with E-state index >= 15 is 0 Å². The van der Waals surface area contributed by atoms with E-state index in [0.717, 1.165) is 65.1 Å². The molecule has 0 aromatic heterocycles. The minimum atomic E-state index is -0.505. The molecule has 4 rings (SSSR count). The van der Waals surface area contributed by atoms with Gasteiger partial charge < -0.3 is 14.5 Å². The van der Waals surface area contributed by atoms with Crippen LogP contribution < -0.4 is 4.74 Å². The fourth-order valence-electron chi connectivity index (χ4n) is 5.57. The second-order valence-electron chi connectivity index (χ2n) is 10.0. The lowest BCUT2D eigenvalue weighted by Gasteiger charge is -2.45. The van der Waals surface area contributed by atoms with E-state index in [1.54, 1.807) is 0 Å². The number of likely N-dealkylation sites (tertiary alicyclic amines) is 2. The molecule has 30 heavy (non-hydrogen) atoms. The number of carbonyl (C=O) groups excluding carboxylic acids is 1.